The predicted octanol–water partition coefficient (Wildman–Crippen LogP) is 1.36. The molecule has 86 valence electrons. The van der Waals surface area contributed by atoms with Gasteiger partial charge in [-0.1, -0.05) is 0 Å². The molecule has 4 heteroatoms. The Morgan fingerprint density at radius 3 is 2.40 bits per heavy atom. The molecule has 0 aliphatic rings. The van der Waals surface area contributed by atoms with Crippen molar-refractivity contribution >= 4 is 0 Å². The summed E-state index contributed by atoms with van der Waals surface area (Å²) in [7, 11) is 0. The van der Waals surface area contributed by atoms with Gasteiger partial charge in [0.2, 0.25) is 0 Å². The van der Waals surface area contributed by atoms with Crippen LogP contribution in [0.4, 0.5) is 0 Å². The molecule has 1 aromatic rings. The summed E-state index contributed by atoms with van der Waals surface area (Å²) < 4.78 is 0. The van der Waals surface area contributed by atoms with Gasteiger partial charge in [-0.2, -0.15) is 0 Å². The van der Waals surface area contributed by atoms with Crippen LogP contribution >= 0.6 is 0 Å². The van der Waals surface area contributed by atoms with Crippen molar-refractivity contribution in [2.45, 2.75) is 52.3 Å². The molecule has 4 nitrogen and oxygen atoms in total. The highest BCUT2D eigenvalue weighted by molar-refractivity contribution is 5.02. The highest BCUT2D eigenvalue weighted by atomic mass is 16.3. The van der Waals surface area contributed by atoms with Crippen LogP contribution < -0.4 is 5.32 Å². The van der Waals surface area contributed by atoms with Crippen molar-refractivity contribution in [3.63, 3.8) is 0 Å². The first kappa shape index (κ1) is 12.2. The summed E-state index contributed by atoms with van der Waals surface area (Å²) in [6.07, 6.45) is 1.81. The lowest BCUT2D eigenvalue weighted by Gasteiger charge is -2.38. The second kappa shape index (κ2) is 3.94. The van der Waals surface area contributed by atoms with Crippen molar-refractivity contribution in [1.29, 1.82) is 0 Å². The number of nitrogens with one attached hydrogen (secondary N) is 2. The van der Waals surface area contributed by atoms with E-state index in [2.05, 4.69) is 15.3 Å². The van der Waals surface area contributed by atoms with E-state index in [0.29, 0.717) is 6.54 Å². The van der Waals surface area contributed by atoms with Crippen LogP contribution in [0.1, 0.15) is 39.2 Å². The molecule has 1 rings (SSSR count). The number of aryl methyl sites for hydroxylation is 1. The molecule has 0 amide bonds. The van der Waals surface area contributed by atoms with E-state index in [1.165, 1.54) is 0 Å². The molecule has 0 saturated carbocycles. The standard InChI is InChI=1S/C11H21N3O/c1-8-12-6-9(14-8)7-13-10(2,3)11(4,5)15/h6,13,15H,7H2,1-5H3,(H,12,14). The molecule has 1 heterocycles. The molecule has 3 N–H and O–H groups in total. The fourth-order valence-electron chi connectivity index (χ4n) is 1.09. The zero-order chi connectivity index (χ0) is 11.7. The minimum atomic E-state index is -0.762. The Labute approximate surface area is 91.1 Å². The number of imidazole rings is 1. The van der Waals surface area contributed by atoms with Crippen LogP contribution in [-0.2, 0) is 6.54 Å². The minimum Gasteiger partial charge on any atom is -0.389 e. The Morgan fingerprint density at radius 1 is 1.40 bits per heavy atom. The fourth-order valence-corrected chi connectivity index (χ4v) is 1.09. The molecule has 0 aromatic carbocycles. The molecular weight excluding hydrogens is 190 g/mol. The van der Waals surface area contributed by atoms with Gasteiger partial charge >= 0.3 is 0 Å². The molecule has 0 saturated heterocycles. The van der Waals surface area contributed by atoms with Crippen LogP contribution in [0.2, 0.25) is 0 Å². The highest BCUT2D eigenvalue weighted by Gasteiger charge is 2.34. The molecule has 0 radical (unpaired) electrons. The minimum absolute atomic E-state index is 0.341. The first-order chi connectivity index (χ1) is 6.72. The zero-order valence-corrected chi connectivity index (χ0v) is 10.2. The highest BCUT2D eigenvalue weighted by Crippen LogP contribution is 2.20. The van der Waals surface area contributed by atoms with Gasteiger partial charge in [-0.05, 0) is 34.6 Å². The molecule has 0 bridgehead atoms. The predicted molar refractivity (Wildman–Crippen MR) is 60.5 cm³/mol. The number of hydrogen-bond donors (Lipinski definition) is 3. The summed E-state index contributed by atoms with van der Waals surface area (Å²) in [5.41, 5.74) is -0.0708. The fraction of sp³-hybridized carbons (Fsp3) is 0.727. The summed E-state index contributed by atoms with van der Waals surface area (Å²) in [4.78, 5) is 7.27. The van der Waals surface area contributed by atoms with Gasteiger partial charge < -0.3 is 15.4 Å². The van der Waals surface area contributed by atoms with Crippen LogP contribution in [-0.4, -0.2) is 26.2 Å². The average molecular weight is 211 g/mol. The average Bonchev–Trinajstić information content (AvgIpc) is 2.46. The van der Waals surface area contributed by atoms with Crippen molar-refractivity contribution in [2.24, 2.45) is 0 Å². The number of aliphatic hydroxyl groups is 1. The van der Waals surface area contributed by atoms with Crippen LogP contribution in [0.25, 0.3) is 0 Å². The zero-order valence-electron chi connectivity index (χ0n) is 10.2. The molecule has 0 atom stereocenters. The molecule has 0 aliphatic carbocycles. The van der Waals surface area contributed by atoms with Gasteiger partial charge in [0.1, 0.15) is 5.82 Å². The van der Waals surface area contributed by atoms with Gasteiger partial charge in [0.15, 0.2) is 0 Å². The molecular formula is C11H21N3O. The van der Waals surface area contributed by atoms with E-state index in [0.717, 1.165) is 11.5 Å². The van der Waals surface area contributed by atoms with Crippen LogP contribution in [0, 0.1) is 6.92 Å². The van der Waals surface area contributed by atoms with Crippen molar-refractivity contribution in [2.75, 3.05) is 0 Å². The Morgan fingerprint density at radius 2 is 2.00 bits per heavy atom. The molecule has 0 unspecified atom stereocenters. The number of rotatable bonds is 4. The third-order valence-corrected chi connectivity index (χ3v) is 3.01. The maximum absolute atomic E-state index is 9.94. The molecule has 0 fully saturated rings. The van der Waals surface area contributed by atoms with Crippen LogP contribution in [0.3, 0.4) is 0 Å². The van der Waals surface area contributed by atoms with E-state index in [1.54, 1.807) is 13.8 Å². The third kappa shape index (κ3) is 3.04. The van der Waals surface area contributed by atoms with Gasteiger partial charge in [0.05, 0.1) is 5.60 Å². The number of aromatic nitrogens is 2. The number of nitrogens with zero attached hydrogens (tertiary/aromatic N) is 1. The molecule has 0 aliphatic heterocycles. The SMILES string of the molecule is Cc1ncc(CNC(C)(C)C(C)(C)O)[nH]1. The van der Waals surface area contributed by atoms with E-state index in [-0.39, 0.29) is 5.54 Å². The first-order valence-corrected chi connectivity index (χ1v) is 5.20. The van der Waals surface area contributed by atoms with E-state index < -0.39 is 5.60 Å². The van der Waals surface area contributed by atoms with Crippen LogP contribution in [0.15, 0.2) is 6.20 Å². The topological polar surface area (TPSA) is 60.9 Å². The van der Waals surface area contributed by atoms with Gasteiger partial charge in [0.25, 0.3) is 0 Å². The summed E-state index contributed by atoms with van der Waals surface area (Å²) in [5.74, 6) is 0.910. The Hall–Kier alpha value is -0.870. The molecule has 0 spiro atoms. The maximum atomic E-state index is 9.94. The largest absolute Gasteiger partial charge is 0.389 e. The smallest absolute Gasteiger partial charge is 0.103 e. The lowest BCUT2D eigenvalue weighted by molar-refractivity contribution is -0.00544. The van der Waals surface area contributed by atoms with E-state index in [1.807, 2.05) is 27.0 Å². The number of hydrogen-bond acceptors (Lipinski definition) is 3. The van der Waals surface area contributed by atoms with Gasteiger partial charge in [-0.25, -0.2) is 4.98 Å². The summed E-state index contributed by atoms with van der Waals surface area (Å²) >= 11 is 0. The van der Waals surface area contributed by atoms with Crippen molar-refractivity contribution in [3.8, 4) is 0 Å². The lowest BCUT2D eigenvalue weighted by atomic mass is 9.86. The van der Waals surface area contributed by atoms with Gasteiger partial charge in [-0.3, -0.25) is 0 Å². The Bertz CT molecular complexity index is 323. The summed E-state index contributed by atoms with van der Waals surface area (Å²) in [6, 6.07) is 0. The number of aromatic amines is 1. The second-order valence-electron chi connectivity index (χ2n) is 5.03. The lowest BCUT2D eigenvalue weighted by Crippen LogP contribution is -2.55. The number of H-pyrrole nitrogens is 1. The van der Waals surface area contributed by atoms with Crippen molar-refractivity contribution in [1.82, 2.24) is 15.3 Å². The van der Waals surface area contributed by atoms with E-state index in [4.69, 9.17) is 0 Å². The third-order valence-electron chi connectivity index (χ3n) is 3.01. The molecule has 15 heavy (non-hydrogen) atoms. The summed E-state index contributed by atoms with van der Waals surface area (Å²) in [6.45, 7) is 10.2. The van der Waals surface area contributed by atoms with Crippen molar-refractivity contribution in [3.05, 3.63) is 17.7 Å². The normalized spacial score (nSPS) is 13.2. The van der Waals surface area contributed by atoms with E-state index in [9.17, 15) is 5.11 Å². The van der Waals surface area contributed by atoms with Gasteiger partial charge in [0, 0.05) is 24.0 Å². The monoisotopic (exact) mass is 211 g/mol. The van der Waals surface area contributed by atoms with Gasteiger partial charge in [-0.15, -0.1) is 0 Å². The maximum Gasteiger partial charge on any atom is 0.103 e. The summed E-state index contributed by atoms with van der Waals surface area (Å²) in [5, 5.41) is 13.2. The molecule has 1 aromatic heterocycles. The second-order valence-corrected chi connectivity index (χ2v) is 5.03. The van der Waals surface area contributed by atoms with Crippen molar-refractivity contribution < 1.29 is 5.11 Å². The first-order valence-electron chi connectivity index (χ1n) is 5.20. The van der Waals surface area contributed by atoms with Crippen LogP contribution in [0.5, 0.6) is 0 Å². The Balaban J connectivity index is 2.57. The quantitative estimate of drug-likeness (QED) is 0.704. The van der Waals surface area contributed by atoms with E-state index >= 15 is 0 Å². The Kier molecular flexibility index (Phi) is 3.21.